The van der Waals surface area contributed by atoms with Crippen molar-refractivity contribution >= 4 is 36.6 Å². The van der Waals surface area contributed by atoms with Gasteiger partial charge in [-0.2, -0.15) is 9.35 Å². The van der Waals surface area contributed by atoms with Crippen LogP contribution in [0.25, 0.3) is 33.5 Å². The summed E-state index contributed by atoms with van der Waals surface area (Å²) in [5.41, 5.74) is 2.42. The molecule has 10 nitrogen and oxygen atoms in total. The first kappa shape index (κ1) is 32.8. The lowest BCUT2D eigenvalue weighted by molar-refractivity contribution is 0.00347. The van der Waals surface area contributed by atoms with E-state index < -0.39 is 55.8 Å². The Labute approximate surface area is 268 Å². The number of pyridine rings is 1. The van der Waals surface area contributed by atoms with E-state index in [1.165, 1.54) is 24.6 Å². The van der Waals surface area contributed by atoms with Gasteiger partial charge in [-0.1, -0.05) is 24.3 Å². The minimum atomic E-state index is -2.43. The number of benzene rings is 2. The molecule has 2 aliphatic rings. The number of hydrogen-bond acceptors (Lipinski definition) is 9. The molecule has 2 aromatic heterocycles. The summed E-state index contributed by atoms with van der Waals surface area (Å²) in [7, 11) is -3.20. The van der Waals surface area contributed by atoms with Crippen LogP contribution in [0.2, 0.25) is 0 Å². The molecule has 6 rings (SSSR count). The van der Waals surface area contributed by atoms with Crippen LogP contribution in [0.1, 0.15) is 0 Å². The zero-order chi connectivity index (χ0) is 32.8. The van der Waals surface area contributed by atoms with E-state index in [1.807, 2.05) is 0 Å². The van der Waals surface area contributed by atoms with E-state index in [0.717, 1.165) is 5.75 Å². The summed E-state index contributed by atoms with van der Waals surface area (Å²) in [5, 5.41) is 10.1. The third kappa shape index (κ3) is 7.21. The van der Waals surface area contributed by atoms with Crippen LogP contribution in [0.4, 0.5) is 14.5 Å². The summed E-state index contributed by atoms with van der Waals surface area (Å²) in [4.78, 5) is 9.17. The Hall–Kier alpha value is -3.14. The van der Waals surface area contributed by atoms with Gasteiger partial charge in [-0.15, -0.1) is 0 Å². The van der Waals surface area contributed by atoms with Gasteiger partial charge in [0.05, 0.1) is 31.0 Å². The fourth-order valence-electron chi connectivity index (χ4n) is 5.42. The van der Waals surface area contributed by atoms with E-state index in [4.69, 9.17) is 18.9 Å². The number of hydrogen-bond donors (Lipinski definition) is 1. The molecule has 0 bridgehead atoms. The molecule has 0 radical (unpaired) electrons. The predicted octanol–water partition coefficient (Wildman–Crippen LogP) is 4.98. The van der Waals surface area contributed by atoms with Crippen LogP contribution in [0, 0.1) is 11.6 Å². The third-order valence-corrected chi connectivity index (χ3v) is 9.75. The van der Waals surface area contributed by atoms with Crippen molar-refractivity contribution < 1.29 is 37.0 Å². The van der Waals surface area contributed by atoms with Crippen LogP contribution in [0.5, 0.6) is 6.01 Å². The number of aliphatic hydroxyl groups excluding tert-OH is 1. The number of halogens is 2. The lowest BCUT2D eigenvalue weighted by atomic mass is 10.0. The van der Waals surface area contributed by atoms with Crippen molar-refractivity contribution in [3.8, 4) is 28.4 Å². The first-order valence-corrected chi connectivity index (χ1v) is 20.1. The Bertz CT molecular complexity index is 1860. The molecule has 4 atom stereocenters. The molecular weight excluding hydrogens is 639 g/mol. The molecule has 2 aromatic carbocycles. The SMILES string of the molecule is CS(C)(C)CCOCn1c(O[C@@H]2CO[C@H]3[C@@H]2OC[C@H]3O)nc2nc(-c3ccc(-c4ccc(N=S(C)(C)=O)cc4F)cc3)c(F)cc21. The first-order valence-electron chi connectivity index (χ1n) is 14.7. The number of imidazole rings is 1. The van der Waals surface area contributed by atoms with E-state index in [9.17, 15) is 13.7 Å². The van der Waals surface area contributed by atoms with Crippen LogP contribution in [0.15, 0.2) is 52.9 Å². The standard InChI is InChI=1S/C32H38F2N4O6S2/c1-45(2,3)13-12-41-18-38-25-15-24(34)28(35-31(25)36-32(38)44-27-17-43-29-26(39)16-42-30(27)29)20-8-6-19(7-9-20)22-11-10-21(14-23(22)33)37-46(4,5)40/h6-11,14-15,26-27,29-30,39H,12-13,16-18H2,1-5H3/t26-,27-,29-,30-/m1/s1. The average molecular weight is 677 g/mol. The van der Waals surface area contributed by atoms with Crippen molar-refractivity contribution in [3.63, 3.8) is 0 Å². The molecule has 248 valence electrons. The van der Waals surface area contributed by atoms with E-state index in [-0.39, 0.29) is 37.3 Å². The Balaban J connectivity index is 1.29. The van der Waals surface area contributed by atoms with Crippen LogP contribution in [-0.2, 0) is 30.7 Å². The van der Waals surface area contributed by atoms with E-state index >= 15 is 4.39 Å². The summed E-state index contributed by atoms with van der Waals surface area (Å²) in [5.74, 6) is -0.181. The lowest BCUT2D eigenvalue weighted by Gasteiger charge is -2.24. The van der Waals surface area contributed by atoms with Crippen molar-refractivity contribution in [2.24, 2.45) is 4.36 Å². The molecule has 1 N–H and O–H groups in total. The molecule has 4 aromatic rings. The monoisotopic (exact) mass is 676 g/mol. The van der Waals surface area contributed by atoms with Crippen molar-refractivity contribution in [1.82, 2.24) is 14.5 Å². The van der Waals surface area contributed by atoms with E-state index in [1.54, 1.807) is 41.0 Å². The smallest absolute Gasteiger partial charge is 0.301 e. The predicted molar refractivity (Wildman–Crippen MR) is 176 cm³/mol. The van der Waals surface area contributed by atoms with E-state index in [2.05, 4.69) is 33.1 Å². The van der Waals surface area contributed by atoms with Gasteiger partial charge in [-0.25, -0.2) is 28.0 Å². The van der Waals surface area contributed by atoms with Gasteiger partial charge in [0.2, 0.25) is 0 Å². The van der Waals surface area contributed by atoms with Gasteiger partial charge in [0.15, 0.2) is 17.6 Å². The van der Waals surface area contributed by atoms with Gasteiger partial charge >= 0.3 is 6.01 Å². The highest BCUT2D eigenvalue weighted by Gasteiger charge is 2.49. The maximum atomic E-state index is 15.7. The van der Waals surface area contributed by atoms with Crippen molar-refractivity contribution in [2.45, 2.75) is 31.1 Å². The molecular formula is C32H38F2N4O6S2. The van der Waals surface area contributed by atoms with Gasteiger partial charge in [0.1, 0.15) is 36.6 Å². The Morgan fingerprint density at radius 3 is 2.37 bits per heavy atom. The number of aliphatic hydroxyl groups is 1. The molecule has 2 fully saturated rings. The van der Waals surface area contributed by atoms with Crippen molar-refractivity contribution in [1.29, 1.82) is 0 Å². The number of ether oxygens (including phenoxy) is 4. The Morgan fingerprint density at radius 1 is 0.957 bits per heavy atom. The highest BCUT2D eigenvalue weighted by atomic mass is 32.3. The molecule has 46 heavy (non-hydrogen) atoms. The summed E-state index contributed by atoms with van der Waals surface area (Å²) in [6.45, 7) is 0.958. The second-order valence-corrected chi connectivity index (χ2v) is 19.8. The zero-order valence-corrected chi connectivity index (χ0v) is 27.9. The molecule has 0 aliphatic carbocycles. The maximum absolute atomic E-state index is 15.7. The maximum Gasteiger partial charge on any atom is 0.301 e. The minimum absolute atomic E-state index is 0.0763. The van der Waals surface area contributed by atoms with Crippen molar-refractivity contribution in [3.05, 3.63) is 60.2 Å². The second kappa shape index (κ2) is 12.8. The third-order valence-electron chi connectivity index (χ3n) is 7.71. The van der Waals surface area contributed by atoms with Crippen LogP contribution in [-0.4, -0.2) is 105 Å². The van der Waals surface area contributed by atoms with Crippen molar-refractivity contribution in [2.75, 3.05) is 56.9 Å². The number of aromatic nitrogens is 3. The largest absolute Gasteiger partial charge is 0.456 e. The first-order chi connectivity index (χ1) is 21.8. The number of nitrogens with zero attached hydrogens (tertiary/aromatic N) is 4. The van der Waals surface area contributed by atoms with Crippen LogP contribution >= 0.6 is 10.0 Å². The van der Waals surface area contributed by atoms with Gasteiger partial charge in [-0.05, 0) is 36.5 Å². The summed E-state index contributed by atoms with van der Waals surface area (Å²) >= 11 is 0. The highest BCUT2D eigenvalue weighted by molar-refractivity contribution is 8.32. The minimum Gasteiger partial charge on any atom is -0.456 e. The Morgan fingerprint density at radius 2 is 1.67 bits per heavy atom. The van der Waals surface area contributed by atoms with Gasteiger partial charge in [0.25, 0.3) is 0 Å². The van der Waals surface area contributed by atoms with Crippen LogP contribution < -0.4 is 4.74 Å². The topological polar surface area (TPSA) is 117 Å². The average Bonchev–Trinajstić information content (AvgIpc) is 3.64. The lowest BCUT2D eigenvalue weighted by Crippen LogP contribution is -2.35. The van der Waals surface area contributed by atoms with E-state index in [0.29, 0.717) is 34.5 Å². The number of rotatable bonds is 10. The fourth-order valence-corrected chi connectivity index (χ4v) is 6.66. The molecule has 0 spiro atoms. The van der Waals surface area contributed by atoms with Gasteiger partial charge in [0, 0.05) is 51.3 Å². The molecule has 4 heterocycles. The summed E-state index contributed by atoms with van der Waals surface area (Å²) in [6, 6.07) is 12.7. The Kier molecular flexibility index (Phi) is 9.13. The molecule has 0 amide bonds. The molecule has 2 aliphatic heterocycles. The second-order valence-electron chi connectivity index (χ2n) is 12.6. The normalized spacial score (nSPS) is 21.9. The van der Waals surface area contributed by atoms with Gasteiger partial charge < -0.3 is 24.1 Å². The zero-order valence-electron chi connectivity index (χ0n) is 26.3. The molecule has 14 heteroatoms. The number of fused-ring (bicyclic) bond motifs is 2. The molecule has 0 unspecified atom stereocenters. The quantitative estimate of drug-likeness (QED) is 0.234. The fraction of sp³-hybridized carbons (Fsp3) is 0.438. The molecule has 2 saturated heterocycles. The van der Waals surface area contributed by atoms with Crippen LogP contribution in [0.3, 0.4) is 0 Å². The molecule has 0 saturated carbocycles. The van der Waals surface area contributed by atoms with Gasteiger partial charge in [-0.3, -0.25) is 4.57 Å². The summed E-state index contributed by atoms with van der Waals surface area (Å²) in [6.07, 6.45) is 7.40. The summed E-state index contributed by atoms with van der Waals surface area (Å²) < 4.78 is 71.9. The highest BCUT2D eigenvalue weighted by Crippen LogP contribution is 2.35.